The standard InChI is InChI=1S/C18H19N3O7/c1-18(2,3)27-17(26)20-9-10(8-13(22)19-20)16(25)28-21-14(23)11-6-4-5-7-12(11)15(21)24/h4-7,10H,8-9H2,1-3H3,(H,19,22). The average Bonchev–Trinajstić information content (AvgIpc) is 2.85. The zero-order valence-corrected chi connectivity index (χ0v) is 15.6. The second-order valence-electron chi connectivity index (χ2n) is 7.39. The summed E-state index contributed by atoms with van der Waals surface area (Å²) in [6.45, 7) is 4.75. The number of hydroxylamine groups is 2. The molecule has 10 heteroatoms. The number of benzene rings is 1. The fourth-order valence-corrected chi connectivity index (χ4v) is 2.76. The Morgan fingerprint density at radius 3 is 2.18 bits per heavy atom. The smallest absolute Gasteiger partial charge is 0.429 e. The van der Waals surface area contributed by atoms with Crippen LogP contribution in [0.1, 0.15) is 47.9 Å². The van der Waals surface area contributed by atoms with Crippen LogP contribution < -0.4 is 5.43 Å². The van der Waals surface area contributed by atoms with E-state index in [1.54, 1.807) is 32.9 Å². The summed E-state index contributed by atoms with van der Waals surface area (Å²) < 4.78 is 5.16. The number of amides is 4. The Bertz CT molecular complexity index is 839. The summed E-state index contributed by atoms with van der Waals surface area (Å²) in [5.41, 5.74) is 1.76. The number of ether oxygens (including phenoxy) is 1. The van der Waals surface area contributed by atoms with Crippen LogP contribution in [-0.2, 0) is 19.2 Å². The Hall–Kier alpha value is -3.43. The predicted molar refractivity (Wildman–Crippen MR) is 92.2 cm³/mol. The van der Waals surface area contributed by atoms with Crippen LogP contribution in [0.4, 0.5) is 4.79 Å². The molecule has 0 bridgehead atoms. The molecule has 4 amide bonds. The first-order valence-electron chi connectivity index (χ1n) is 8.56. The molecule has 0 spiro atoms. The molecule has 2 heterocycles. The summed E-state index contributed by atoms with van der Waals surface area (Å²) >= 11 is 0. The average molecular weight is 389 g/mol. The number of imide groups is 1. The fraction of sp³-hybridized carbons (Fsp3) is 0.389. The van der Waals surface area contributed by atoms with Crippen LogP contribution in [0.2, 0.25) is 0 Å². The van der Waals surface area contributed by atoms with E-state index in [-0.39, 0.29) is 24.1 Å². The molecule has 28 heavy (non-hydrogen) atoms. The van der Waals surface area contributed by atoms with Gasteiger partial charge in [-0.3, -0.25) is 19.8 Å². The Morgan fingerprint density at radius 2 is 1.64 bits per heavy atom. The lowest BCUT2D eigenvalue weighted by atomic mass is 10.0. The third-order valence-electron chi connectivity index (χ3n) is 3.98. The minimum Gasteiger partial charge on any atom is -0.442 e. The third kappa shape index (κ3) is 3.80. The highest BCUT2D eigenvalue weighted by Gasteiger charge is 2.42. The van der Waals surface area contributed by atoms with E-state index in [9.17, 15) is 24.0 Å². The lowest BCUT2D eigenvalue weighted by Gasteiger charge is -2.33. The first-order valence-corrected chi connectivity index (χ1v) is 8.56. The SMILES string of the molecule is CC(C)(C)OC(=O)N1CC(C(=O)ON2C(=O)c3ccccc3C2=O)CC(=O)N1. The number of nitrogens with zero attached hydrogens (tertiary/aromatic N) is 2. The number of fused-ring (bicyclic) bond motifs is 1. The van der Waals surface area contributed by atoms with Crippen molar-refractivity contribution >= 4 is 29.8 Å². The molecule has 1 fully saturated rings. The largest absolute Gasteiger partial charge is 0.442 e. The minimum atomic E-state index is -1.06. The van der Waals surface area contributed by atoms with Gasteiger partial charge in [0.25, 0.3) is 11.8 Å². The Morgan fingerprint density at radius 1 is 1.07 bits per heavy atom. The van der Waals surface area contributed by atoms with Gasteiger partial charge in [-0.25, -0.2) is 14.6 Å². The molecule has 0 aromatic heterocycles. The quantitative estimate of drug-likeness (QED) is 0.750. The normalized spacial score (nSPS) is 19.2. The molecule has 1 aromatic carbocycles. The van der Waals surface area contributed by atoms with Gasteiger partial charge in [-0.1, -0.05) is 17.2 Å². The number of hydrazine groups is 1. The molecule has 1 N–H and O–H groups in total. The van der Waals surface area contributed by atoms with Crippen LogP contribution in [0.3, 0.4) is 0 Å². The summed E-state index contributed by atoms with van der Waals surface area (Å²) in [6, 6.07) is 6.06. The van der Waals surface area contributed by atoms with Gasteiger partial charge in [-0.15, -0.1) is 0 Å². The van der Waals surface area contributed by atoms with E-state index in [0.717, 1.165) is 5.01 Å². The fourth-order valence-electron chi connectivity index (χ4n) is 2.76. The zero-order valence-electron chi connectivity index (χ0n) is 15.6. The molecule has 0 aliphatic carbocycles. The Balaban J connectivity index is 1.69. The van der Waals surface area contributed by atoms with Crippen LogP contribution in [0.5, 0.6) is 0 Å². The van der Waals surface area contributed by atoms with Gasteiger partial charge in [0, 0.05) is 6.42 Å². The molecular formula is C18H19N3O7. The number of carbonyl (C=O) groups is 5. The van der Waals surface area contributed by atoms with E-state index in [0.29, 0.717) is 5.06 Å². The maximum Gasteiger partial charge on any atom is 0.429 e. The second kappa shape index (κ2) is 6.95. The van der Waals surface area contributed by atoms with Gasteiger partial charge in [0.05, 0.1) is 23.6 Å². The first-order chi connectivity index (χ1) is 13.1. The molecule has 1 unspecified atom stereocenters. The Labute approximate surface area is 160 Å². The van der Waals surface area contributed by atoms with Crippen LogP contribution in [-0.4, -0.2) is 52.0 Å². The number of hydrogen-bond donors (Lipinski definition) is 1. The zero-order chi connectivity index (χ0) is 20.6. The van der Waals surface area contributed by atoms with Gasteiger partial charge in [0.1, 0.15) is 5.60 Å². The topological polar surface area (TPSA) is 122 Å². The summed E-state index contributed by atoms with van der Waals surface area (Å²) in [6.07, 6.45) is -1.10. The van der Waals surface area contributed by atoms with Gasteiger partial charge in [-0.2, -0.15) is 0 Å². The second-order valence-corrected chi connectivity index (χ2v) is 7.39. The van der Waals surface area contributed by atoms with Gasteiger partial charge in [0.2, 0.25) is 5.91 Å². The maximum atomic E-state index is 12.5. The molecule has 1 atom stereocenters. The molecule has 10 nitrogen and oxygen atoms in total. The highest BCUT2D eigenvalue weighted by Crippen LogP contribution is 2.24. The highest BCUT2D eigenvalue weighted by molar-refractivity contribution is 6.20. The molecule has 0 radical (unpaired) electrons. The van der Waals surface area contributed by atoms with E-state index in [1.807, 2.05) is 0 Å². The van der Waals surface area contributed by atoms with Crippen molar-refractivity contribution in [3.63, 3.8) is 0 Å². The van der Waals surface area contributed by atoms with E-state index in [2.05, 4.69) is 5.43 Å². The van der Waals surface area contributed by atoms with Crippen molar-refractivity contribution in [1.82, 2.24) is 15.5 Å². The van der Waals surface area contributed by atoms with E-state index in [4.69, 9.17) is 9.57 Å². The van der Waals surface area contributed by atoms with Crippen molar-refractivity contribution in [2.75, 3.05) is 6.54 Å². The van der Waals surface area contributed by atoms with Crippen molar-refractivity contribution in [3.05, 3.63) is 35.4 Å². The molecule has 3 rings (SSSR count). The van der Waals surface area contributed by atoms with Crippen molar-refractivity contribution in [1.29, 1.82) is 0 Å². The van der Waals surface area contributed by atoms with Crippen molar-refractivity contribution in [2.45, 2.75) is 32.8 Å². The van der Waals surface area contributed by atoms with Crippen molar-refractivity contribution in [2.24, 2.45) is 5.92 Å². The summed E-state index contributed by atoms with van der Waals surface area (Å²) in [5, 5.41) is 1.24. The van der Waals surface area contributed by atoms with Crippen molar-refractivity contribution in [3.8, 4) is 0 Å². The van der Waals surface area contributed by atoms with Crippen LogP contribution in [0.25, 0.3) is 0 Å². The van der Waals surface area contributed by atoms with Crippen molar-refractivity contribution < 1.29 is 33.5 Å². The van der Waals surface area contributed by atoms with E-state index < -0.39 is 41.3 Å². The third-order valence-corrected chi connectivity index (χ3v) is 3.98. The van der Waals surface area contributed by atoms with E-state index >= 15 is 0 Å². The molecule has 148 valence electrons. The minimum absolute atomic E-state index is 0.122. The number of nitrogens with one attached hydrogen (secondary N) is 1. The highest BCUT2D eigenvalue weighted by atomic mass is 16.7. The van der Waals surface area contributed by atoms with Gasteiger partial charge in [0.15, 0.2) is 0 Å². The van der Waals surface area contributed by atoms with Gasteiger partial charge >= 0.3 is 12.1 Å². The van der Waals surface area contributed by atoms with Crippen LogP contribution >= 0.6 is 0 Å². The summed E-state index contributed by atoms with van der Waals surface area (Å²) in [5.74, 6) is -4.17. The van der Waals surface area contributed by atoms with E-state index in [1.165, 1.54) is 12.1 Å². The monoisotopic (exact) mass is 389 g/mol. The summed E-state index contributed by atoms with van der Waals surface area (Å²) in [7, 11) is 0. The predicted octanol–water partition coefficient (Wildman–Crippen LogP) is 1.03. The number of carbonyl (C=O) groups excluding carboxylic acids is 5. The number of hydrogen-bond acceptors (Lipinski definition) is 7. The molecule has 0 saturated carbocycles. The Kier molecular flexibility index (Phi) is 4.80. The molecule has 1 aromatic rings. The summed E-state index contributed by atoms with van der Waals surface area (Å²) in [4.78, 5) is 66.0. The van der Waals surface area contributed by atoms with Gasteiger partial charge in [-0.05, 0) is 32.9 Å². The molecule has 2 aliphatic rings. The van der Waals surface area contributed by atoms with Crippen LogP contribution in [0.15, 0.2) is 24.3 Å². The van der Waals surface area contributed by atoms with Crippen LogP contribution in [0, 0.1) is 5.92 Å². The lowest BCUT2D eigenvalue weighted by Crippen LogP contribution is -2.56. The maximum absolute atomic E-state index is 12.5. The molecule has 1 saturated heterocycles. The first kappa shape index (κ1) is 19.3. The lowest BCUT2D eigenvalue weighted by molar-refractivity contribution is -0.177. The molecule has 2 aliphatic heterocycles. The molecular weight excluding hydrogens is 370 g/mol. The number of rotatable bonds is 2. The van der Waals surface area contributed by atoms with Gasteiger partial charge < -0.3 is 9.57 Å².